The Morgan fingerprint density at radius 3 is 2.71 bits per heavy atom. The Balaban J connectivity index is 1.45. The highest BCUT2D eigenvalue weighted by Gasteiger charge is 2.04. The topological polar surface area (TPSA) is 42.0 Å². The van der Waals surface area contributed by atoms with E-state index in [1.165, 1.54) is 5.56 Å². The van der Waals surface area contributed by atoms with E-state index in [1.807, 2.05) is 41.8 Å². The minimum absolute atomic E-state index is 0.0976. The van der Waals surface area contributed by atoms with Crippen molar-refractivity contribution in [2.75, 3.05) is 0 Å². The lowest BCUT2D eigenvalue weighted by Gasteiger charge is -2.07. The van der Waals surface area contributed by atoms with Gasteiger partial charge in [0.2, 0.25) is 5.91 Å². The molecule has 4 heteroatoms. The molecule has 1 aromatic carbocycles. The zero-order valence-corrected chi connectivity index (χ0v) is 14.3. The number of nitrogens with zero attached hydrogens (tertiary/aromatic N) is 1. The SMILES string of the molecule is O=C(CCCc1ccccc1)NCc1ccnc(-c2cccs2)c1. The lowest BCUT2D eigenvalue weighted by molar-refractivity contribution is -0.121. The van der Waals surface area contributed by atoms with Gasteiger partial charge in [0, 0.05) is 19.2 Å². The monoisotopic (exact) mass is 336 g/mol. The number of thiophene rings is 1. The molecular weight excluding hydrogens is 316 g/mol. The van der Waals surface area contributed by atoms with E-state index in [4.69, 9.17) is 0 Å². The third-order valence-electron chi connectivity index (χ3n) is 3.80. The number of rotatable bonds is 7. The van der Waals surface area contributed by atoms with Crippen molar-refractivity contribution in [3.05, 3.63) is 77.3 Å². The zero-order chi connectivity index (χ0) is 16.6. The van der Waals surface area contributed by atoms with Crippen LogP contribution in [-0.4, -0.2) is 10.9 Å². The molecule has 0 bridgehead atoms. The number of benzene rings is 1. The van der Waals surface area contributed by atoms with Gasteiger partial charge in [-0.25, -0.2) is 0 Å². The second-order valence-electron chi connectivity index (χ2n) is 5.64. The van der Waals surface area contributed by atoms with Crippen molar-refractivity contribution in [3.8, 4) is 10.6 Å². The first-order valence-corrected chi connectivity index (χ1v) is 8.99. The van der Waals surface area contributed by atoms with Crippen LogP contribution in [0.2, 0.25) is 0 Å². The van der Waals surface area contributed by atoms with Crippen LogP contribution in [-0.2, 0) is 17.8 Å². The molecule has 0 aliphatic heterocycles. The van der Waals surface area contributed by atoms with Gasteiger partial charge in [0.05, 0.1) is 10.6 Å². The molecular formula is C20H20N2OS. The predicted molar refractivity (Wildman–Crippen MR) is 98.8 cm³/mol. The van der Waals surface area contributed by atoms with Crippen LogP contribution in [0.1, 0.15) is 24.0 Å². The summed E-state index contributed by atoms with van der Waals surface area (Å²) in [6.07, 6.45) is 4.16. The van der Waals surface area contributed by atoms with Crippen molar-refractivity contribution in [2.24, 2.45) is 0 Å². The molecule has 0 atom stereocenters. The molecule has 1 amide bonds. The van der Waals surface area contributed by atoms with Crippen molar-refractivity contribution in [2.45, 2.75) is 25.8 Å². The lowest BCUT2D eigenvalue weighted by Crippen LogP contribution is -2.22. The van der Waals surface area contributed by atoms with E-state index >= 15 is 0 Å². The molecule has 3 nitrogen and oxygen atoms in total. The average Bonchev–Trinajstić information content (AvgIpc) is 3.16. The Kier molecular flexibility index (Phi) is 5.75. The normalized spacial score (nSPS) is 10.5. The van der Waals surface area contributed by atoms with Crippen molar-refractivity contribution >= 4 is 17.2 Å². The molecule has 0 fully saturated rings. The largest absolute Gasteiger partial charge is 0.352 e. The molecule has 0 saturated heterocycles. The van der Waals surface area contributed by atoms with E-state index in [-0.39, 0.29) is 5.91 Å². The maximum atomic E-state index is 12.0. The third-order valence-corrected chi connectivity index (χ3v) is 4.69. The number of amides is 1. The van der Waals surface area contributed by atoms with Gasteiger partial charge in [-0.1, -0.05) is 36.4 Å². The first kappa shape index (κ1) is 16.4. The van der Waals surface area contributed by atoms with Gasteiger partial charge >= 0.3 is 0 Å². The van der Waals surface area contributed by atoms with Crippen LogP contribution in [0.4, 0.5) is 0 Å². The number of carbonyl (C=O) groups is 1. The van der Waals surface area contributed by atoms with E-state index in [9.17, 15) is 4.79 Å². The van der Waals surface area contributed by atoms with Crippen LogP contribution in [0.5, 0.6) is 0 Å². The summed E-state index contributed by atoms with van der Waals surface area (Å²) >= 11 is 1.67. The molecule has 0 unspecified atom stereocenters. The van der Waals surface area contributed by atoms with Crippen molar-refractivity contribution < 1.29 is 4.79 Å². The third kappa shape index (κ3) is 4.77. The predicted octanol–water partition coefficient (Wildman–Crippen LogP) is 4.45. The Morgan fingerprint density at radius 2 is 1.92 bits per heavy atom. The summed E-state index contributed by atoms with van der Waals surface area (Å²) in [5, 5.41) is 5.03. The van der Waals surface area contributed by atoms with Gasteiger partial charge in [-0.3, -0.25) is 9.78 Å². The molecule has 1 N–H and O–H groups in total. The first-order chi connectivity index (χ1) is 11.8. The molecule has 0 spiro atoms. The second-order valence-corrected chi connectivity index (χ2v) is 6.59. The van der Waals surface area contributed by atoms with Crippen molar-refractivity contribution in [1.82, 2.24) is 10.3 Å². The fourth-order valence-electron chi connectivity index (χ4n) is 2.53. The minimum atomic E-state index is 0.0976. The quantitative estimate of drug-likeness (QED) is 0.692. The van der Waals surface area contributed by atoms with Gasteiger partial charge in [0.15, 0.2) is 0 Å². The highest BCUT2D eigenvalue weighted by Crippen LogP contribution is 2.22. The molecule has 0 radical (unpaired) electrons. The van der Waals surface area contributed by atoms with Crippen LogP contribution in [0.3, 0.4) is 0 Å². The summed E-state index contributed by atoms with van der Waals surface area (Å²) in [4.78, 5) is 17.5. The summed E-state index contributed by atoms with van der Waals surface area (Å²) in [5.41, 5.74) is 3.31. The summed E-state index contributed by atoms with van der Waals surface area (Å²) in [5.74, 6) is 0.0976. The van der Waals surface area contributed by atoms with E-state index in [2.05, 4.69) is 28.5 Å². The molecule has 0 aliphatic carbocycles. The Morgan fingerprint density at radius 1 is 1.04 bits per heavy atom. The van der Waals surface area contributed by atoms with Crippen LogP contribution in [0.25, 0.3) is 10.6 Å². The standard InChI is InChI=1S/C20H20N2OS/c23-20(10-4-8-16-6-2-1-3-7-16)22-15-17-11-12-21-18(14-17)19-9-5-13-24-19/h1-3,5-7,9,11-14H,4,8,10,15H2,(H,22,23). The molecule has 122 valence electrons. The van der Waals surface area contributed by atoms with Gasteiger partial charge in [-0.05, 0) is 47.5 Å². The molecule has 24 heavy (non-hydrogen) atoms. The number of pyridine rings is 1. The number of hydrogen-bond acceptors (Lipinski definition) is 3. The maximum Gasteiger partial charge on any atom is 0.220 e. The number of aromatic nitrogens is 1. The summed E-state index contributed by atoms with van der Waals surface area (Å²) < 4.78 is 0. The van der Waals surface area contributed by atoms with E-state index in [0.29, 0.717) is 13.0 Å². The summed E-state index contributed by atoms with van der Waals surface area (Å²) in [6.45, 7) is 0.547. The molecule has 0 aliphatic rings. The number of hydrogen-bond donors (Lipinski definition) is 1. The van der Waals surface area contributed by atoms with Gasteiger partial charge in [0.1, 0.15) is 0 Å². The molecule has 3 aromatic rings. The van der Waals surface area contributed by atoms with Crippen LogP contribution in [0.15, 0.2) is 66.2 Å². The highest BCUT2D eigenvalue weighted by atomic mass is 32.1. The van der Waals surface area contributed by atoms with Crippen molar-refractivity contribution in [1.29, 1.82) is 0 Å². The van der Waals surface area contributed by atoms with Crippen LogP contribution in [0, 0.1) is 0 Å². The Hall–Kier alpha value is -2.46. The molecule has 2 heterocycles. The van der Waals surface area contributed by atoms with Crippen molar-refractivity contribution in [3.63, 3.8) is 0 Å². The smallest absolute Gasteiger partial charge is 0.220 e. The van der Waals surface area contributed by atoms with Gasteiger partial charge in [-0.2, -0.15) is 0 Å². The van der Waals surface area contributed by atoms with E-state index in [1.54, 1.807) is 17.5 Å². The minimum Gasteiger partial charge on any atom is -0.352 e. The Bertz CT molecular complexity index is 769. The fourth-order valence-corrected chi connectivity index (χ4v) is 3.22. The number of aryl methyl sites for hydroxylation is 1. The molecule has 0 saturated carbocycles. The lowest BCUT2D eigenvalue weighted by atomic mass is 10.1. The maximum absolute atomic E-state index is 12.0. The summed E-state index contributed by atoms with van der Waals surface area (Å²) in [7, 11) is 0. The van der Waals surface area contributed by atoms with Crippen LogP contribution < -0.4 is 5.32 Å². The van der Waals surface area contributed by atoms with E-state index < -0.39 is 0 Å². The number of nitrogens with one attached hydrogen (secondary N) is 1. The van der Waals surface area contributed by atoms with Crippen LogP contribution >= 0.6 is 11.3 Å². The zero-order valence-electron chi connectivity index (χ0n) is 13.4. The highest BCUT2D eigenvalue weighted by molar-refractivity contribution is 7.13. The van der Waals surface area contributed by atoms with Gasteiger partial charge in [0.25, 0.3) is 0 Å². The van der Waals surface area contributed by atoms with E-state index in [0.717, 1.165) is 29.0 Å². The molecule has 3 rings (SSSR count). The molecule has 2 aromatic heterocycles. The van der Waals surface area contributed by atoms with Gasteiger partial charge in [-0.15, -0.1) is 11.3 Å². The summed E-state index contributed by atoms with van der Waals surface area (Å²) in [6, 6.07) is 18.3. The first-order valence-electron chi connectivity index (χ1n) is 8.11. The number of carbonyl (C=O) groups excluding carboxylic acids is 1. The fraction of sp³-hybridized carbons (Fsp3) is 0.200. The Labute approximate surface area is 146 Å². The average molecular weight is 336 g/mol. The van der Waals surface area contributed by atoms with Gasteiger partial charge < -0.3 is 5.32 Å². The second kappa shape index (κ2) is 8.41.